The average molecular weight is 248 g/mol. The molecule has 0 spiro atoms. The molecule has 1 heterocycles. The predicted octanol–water partition coefficient (Wildman–Crippen LogP) is 1.75. The van der Waals surface area contributed by atoms with Crippen LogP contribution in [-0.2, 0) is 19.5 Å². The molecule has 18 heavy (non-hydrogen) atoms. The summed E-state index contributed by atoms with van der Waals surface area (Å²) in [4.78, 5) is 0. The summed E-state index contributed by atoms with van der Waals surface area (Å²) in [7, 11) is 1.89. The molecule has 1 aromatic carbocycles. The lowest BCUT2D eigenvalue weighted by molar-refractivity contribution is 0.612. The quantitative estimate of drug-likeness (QED) is 0.876. The standard InChI is InChI=1S/C13H17FN4/c1-3-13-12(8-15-2)16-17-18(13)9-10-4-6-11(14)7-5-10/h4-7,15H,3,8-9H2,1-2H3. The number of nitrogens with zero attached hydrogens (tertiary/aromatic N) is 3. The fraction of sp³-hybridized carbons (Fsp3) is 0.385. The lowest BCUT2D eigenvalue weighted by Gasteiger charge is -2.06. The van der Waals surface area contributed by atoms with Crippen LogP contribution in [0.5, 0.6) is 0 Å². The Kier molecular flexibility index (Phi) is 4.04. The molecule has 0 unspecified atom stereocenters. The van der Waals surface area contributed by atoms with Gasteiger partial charge in [-0.05, 0) is 31.2 Å². The van der Waals surface area contributed by atoms with Gasteiger partial charge in [0.1, 0.15) is 5.82 Å². The van der Waals surface area contributed by atoms with Crippen molar-refractivity contribution in [3.05, 3.63) is 47.0 Å². The zero-order chi connectivity index (χ0) is 13.0. The number of aromatic nitrogens is 3. The van der Waals surface area contributed by atoms with Gasteiger partial charge in [0, 0.05) is 6.54 Å². The summed E-state index contributed by atoms with van der Waals surface area (Å²) in [5, 5.41) is 11.4. The van der Waals surface area contributed by atoms with Gasteiger partial charge < -0.3 is 5.32 Å². The van der Waals surface area contributed by atoms with E-state index in [1.165, 1.54) is 12.1 Å². The molecule has 2 aromatic rings. The van der Waals surface area contributed by atoms with Crippen LogP contribution in [0, 0.1) is 5.82 Å². The molecule has 5 heteroatoms. The van der Waals surface area contributed by atoms with Crippen molar-refractivity contribution in [2.24, 2.45) is 0 Å². The molecule has 0 saturated heterocycles. The molecule has 96 valence electrons. The summed E-state index contributed by atoms with van der Waals surface area (Å²) < 4.78 is 14.7. The average Bonchev–Trinajstić information content (AvgIpc) is 2.75. The highest BCUT2D eigenvalue weighted by atomic mass is 19.1. The number of benzene rings is 1. The van der Waals surface area contributed by atoms with Crippen LogP contribution in [0.15, 0.2) is 24.3 Å². The molecule has 2 rings (SSSR count). The second-order valence-corrected chi connectivity index (χ2v) is 4.15. The second-order valence-electron chi connectivity index (χ2n) is 4.15. The van der Waals surface area contributed by atoms with Crippen LogP contribution < -0.4 is 5.32 Å². The topological polar surface area (TPSA) is 42.7 Å². The van der Waals surface area contributed by atoms with E-state index in [2.05, 4.69) is 22.6 Å². The van der Waals surface area contributed by atoms with Crippen LogP contribution in [0.3, 0.4) is 0 Å². The van der Waals surface area contributed by atoms with E-state index in [-0.39, 0.29) is 5.82 Å². The molecular formula is C13H17FN4. The van der Waals surface area contributed by atoms with Crippen molar-refractivity contribution in [2.75, 3.05) is 7.05 Å². The molecule has 1 aromatic heterocycles. The lowest BCUT2D eigenvalue weighted by atomic mass is 10.2. The first-order valence-electron chi connectivity index (χ1n) is 6.05. The highest BCUT2D eigenvalue weighted by Gasteiger charge is 2.10. The van der Waals surface area contributed by atoms with Crippen LogP contribution in [0.4, 0.5) is 4.39 Å². The molecular weight excluding hydrogens is 231 g/mol. The van der Waals surface area contributed by atoms with Crippen molar-refractivity contribution in [1.29, 1.82) is 0 Å². The van der Waals surface area contributed by atoms with Gasteiger partial charge in [-0.2, -0.15) is 0 Å². The minimum absolute atomic E-state index is 0.219. The van der Waals surface area contributed by atoms with Gasteiger partial charge in [-0.25, -0.2) is 9.07 Å². The van der Waals surface area contributed by atoms with Gasteiger partial charge in [0.2, 0.25) is 0 Å². The van der Waals surface area contributed by atoms with Crippen molar-refractivity contribution in [2.45, 2.75) is 26.4 Å². The highest BCUT2D eigenvalue weighted by molar-refractivity contribution is 5.18. The molecule has 0 fully saturated rings. The summed E-state index contributed by atoms with van der Waals surface area (Å²) in [5.41, 5.74) is 3.11. The normalized spacial score (nSPS) is 10.8. The molecule has 0 aliphatic carbocycles. The third-order valence-electron chi connectivity index (χ3n) is 2.84. The molecule has 0 radical (unpaired) electrons. The first kappa shape index (κ1) is 12.7. The first-order chi connectivity index (χ1) is 8.74. The maximum atomic E-state index is 12.8. The molecule has 1 N–H and O–H groups in total. The van der Waals surface area contributed by atoms with E-state index in [1.54, 1.807) is 12.1 Å². The van der Waals surface area contributed by atoms with Gasteiger partial charge in [-0.15, -0.1) is 5.10 Å². The van der Waals surface area contributed by atoms with Crippen LogP contribution in [0.2, 0.25) is 0 Å². The number of nitrogens with one attached hydrogen (secondary N) is 1. The Morgan fingerprint density at radius 3 is 2.61 bits per heavy atom. The Labute approximate surface area is 106 Å². The van der Waals surface area contributed by atoms with Gasteiger partial charge in [-0.3, -0.25) is 0 Å². The third-order valence-corrected chi connectivity index (χ3v) is 2.84. The van der Waals surface area contributed by atoms with Crippen molar-refractivity contribution in [3.8, 4) is 0 Å². The minimum atomic E-state index is -0.219. The van der Waals surface area contributed by atoms with Gasteiger partial charge in [0.05, 0.1) is 17.9 Å². The van der Waals surface area contributed by atoms with E-state index in [1.807, 2.05) is 11.7 Å². The van der Waals surface area contributed by atoms with E-state index in [9.17, 15) is 4.39 Å². The van der Waals surface area contributed by atoms with Crippen LogP contribution in [0.1, 0.15) is 23.9 Å². The predicted molar refractivity (Wildman–Crippen MR) is 67.7 cm³/mol. The zero-order valence-electron chi connectivity index (χ0n) is 10.7. The first-order valence-corrected chi connectivity index (χ1v) is 6.05. The van der Waals surface area contributed by atoms with E-state index in [4.69, 9.17) is 0 Å². The van der Waals surface area contributed by atoms with Gasteiger partial charge in [0.25, 0.3) is 0 Å². The summed E-state index contributed by atoms with van der Waals surface area (Å²) in [6.07, 6.45) is 0.880. The molecule has 0 bridgehead atoms. The minimum Gasteiger partial charge on any atom is -0.314 e. The molecule has 4 nitrogen and oxygen atoms in total. The lowest BCUT2D eigenvalue weighted by Crippen LogP contribution is -2.10. The maximum Gasteiger partial charge on any atom is 0.123 e. The smallest absolute Gasteiger partial charge is 0.123 e. The Bertz CT molecular complexity index is 504. The maximum absolute atomic E-state index is 12.8. The van der Waals surface area contributed by atoms with Crippen LogP contribution in [0.25, 0.3) is 0 Å². The van der Waals surface area contributed by atoms with Crippen LogP contribution >= 0.6 is 0 Å². The van der Waals surface area contributed by atoms with Crippen molar-refractivity contribution >= 4 is 0 Å². The summed E-state index contributed by atoms with van der Waals surface area (Å²) in [6.45, 7) is 3.42. The van der Waals surface area contributed by atoms with Crippen molar-refractivity contribution < 1.29 is 4.39 Å². The number of rotatable bonds is 5. The molecule has 0 atom stereocenters. The molecule has 0 saturated carbocycles. The Morgan fingerprint density at radius 1 is 1.28 bits per heavy atom. The second kappa shape index (κ2) is 5.73. The van der Waals surface area contributed by atoms with E-state index < -0.39 is 0 Å². The summed E-state index contributed by atoms with van der Waals surface area (Å²) in [6, 6.07) is 6.47. The third kappa shape index (κ3) is 2.73. The van der Waals surface area contributed by atoms with E-state index >= 15 is 0 Å². The van der Waals surface area contributed by atoms with Gasteiger partial charge >= 0.3 is 0 Å². The Balaban J connectivity index is 2.20. The highest BCUT2D eigenvalue weighted by Crippen LogP contribution is 2.10. The van der Waals surface area contributed by atoms with Crippen LogP contribution in [-0.4, -0.2) is 22.0 Å². The largest absolute Gasteiger partial charge is 0.314 e. The molecule has 0 aliphatic rings. The number of halogens is 1. The monoisotopic (exact) mass is 248 g/mol. The molecule has 0 aliphatic heterocycles. The van der Waals surface area contributed by atoms with E-state index in [0.29, 0.717) is 13.1 Å². The number of hydrogen-bond donors (Lipinski definition) is 1. The Hall–Kier alpha value is -1.75. The molecule has 0 amide bonds. The summed E-state index contributed by atoms with van der Waals surface area (Å²) in [5.74, 6) is -0.219. The SMILES string of the molecule is CCc1c(CNC)nnn1Cc1ccc(F)cc1. The van der Waals surface area contributed by atoms with Gasteiger partial charge in [0.15, 0.2) is 0 Å². The Morgan fingerprint density at radius 2 is 2.00 bits per heavy atom. The zero-order valence-corrected chi connectivity index (χ0v) is 10.7. The van der Waals surface area contributed by atoms with Gasteiger partial charge in [-0.1, -0.05) is 24.3 Å². The van der Waals surface area contributed by atoms with E-state index in [0.717, 1.165) is 23.4 Å². The fourth-order valence-corrected chi connectivity index (χ4v) is 1.95. The number of hydrogen-bond acceptors (Lipinski definition) is 3. The fourth-order valence-electron chi connectivity index (χ4n) is 1.95. The summed E-state index contributed by atoms with van der Waals surface area (Å²) >= 11 is 0. The van der Waals surface area contributed by atoms with Crippen molar-refractivity contribution in [3.63, 3.8) is 0 Å². The van der Waals surface area contributed by atoms with Crippen molar-refractivity contribution in [1.82, 2.24) is 20.3 Å².